The van der Waals surface area contributed by atoms with Crippen LogP contribution in [0, 0.1) is 0 Å². The minimum atomic E-state index is -0.934. The van der Waals surface area contributed by atoms with Crippen LogP contribution in [0.2, 0.25) is 5.02 Å². The van der Waals surface area contributed by atoms with Gasteiger partial charge >= 0.3 is 5.97 Å². The van der Waals surface area contributed by atoms with Crippen LogP contribution < -0.4 is 0 Å². The maximum atomic E-state index is 10.3. The maximum absolute atomic E-state index is 10.3. The van der Waals surface area contributed by atoms with Crippen LogP contribution in [0.25, 0.3) is 0 Å². The zero-order valence-corrected chi connectivity index (χ0v) is 7.18. The quantitative estimate of drug-likeness (QED) is 0.739. The summed E-state index contributed by atoms with van der Waals surface area (Å²) in [6.45, 7) is 0. The fraction of sp³-hybridized carbons (Fsp3) is 0.125. The Labute approximate surface area is 74.6 Å². The second-order valence-corrected chi connectivity index (χ2v) is 2.25. The molecule has 0 spiro atoms. The van der Waals surface area contributed by atoms with Gasteiger partial charge in [0.2, 0.25) is 0 Å². The van der Waals surface area contributed by atoms with E-state index in [1.165, 1.54) is 12.1 Å². The summed E-state index contributed by atoms with van der Waals surface area (Å²) in [5.41, 5.74) is 0.254. The molecule has 1 aromatic rings. The van der Waals surface area contributed by atoms with Crippen LogP contribution in [-0.2, 0) is 0 Å². The van der Waals surface area contributed by atoms with Crippen LogP contribution in [0.1, 0.15) is 10.4 Å². The third-order valence-corrected chi connectivity index (χ3v) is 1.34. The lowest BCUT2D eigenvalue weighted by Crippen LogP contribution is -1.94. The number of alkyl halides is 1. The van der Waals surface area contributed by atoms with Crippen molar-refractivity contribution < 1.29 is 14.3 Å². The second-order valence-electron chi connectivity index (χ2n) is 1.81. The molecule has 0 aliphatic heterocycles. The van der Waals surface area contributed by atoms with Crippen molar-refractivity contribution in [2.75, 3.05) is 7.18 Å². The first kappa shape index (κ1) is 10.9. The van der Waals surface area contributed by atoms with Crippen LogP contribution in [0.5, 0.6) is 0 Å². The average molecular weight is 191 g/mol. The Balaban J connectivity index is 0.000000561. The van der Waals surface area contributed by atoms with Crippen LogP contribution in [0.3, 0.4) is 0 Å². The van der Waals surface area contributed by atoms with Crippen LogP contribution in [0.4, 0.5) is 4.39 Å². The molecule has 0 amide bonds. The molecule has 12 heavy (non-hydrogen) atoms. The van der Waals surface area contributed by atoms with Gasteiger partial charge in [-0.15, -0.1) is 0 Å². The lowest BCUT2D eigenvalue weighted by molar-refractivity contribution is 0.0697. The molecule has 0 aromatic heterocycles. The van der Waals surface area contributed by atoms with E-state index in [9.17, 15) is 9.18 Å². The molecule has 0 aliphatic rings. The van der Waals surface area contributed by atoms with E-state index in [0.29, 0.717) is 12.2 Å². The molecule has 1 aromatic carbocycles. The van der Waals surface area contributed by atoms with E-state index in [4.69, 9.17) is 16.7 Å². The van der Waals surface area contributed by atoms with Crippen LogP contribution in [0.15, 0.2) is 24.3 Å². The molecule has 0 saturated heterocycles. The number of benzene rings is 1. The third-order valence-electron chi connectivity index (χ3n) is 1.09. The second kappa shape index (κ2) is 5.55. The average Bonchev–Trinajstić information content (AvgIpc) is 2.09. The maximum Gasteiger partial charge on any atom is 0.335 e. The highest BCUT2D eigenvalue weighted by Crippen LogP contribution is 2.08. The molecule has 1 N–H and O–H groups in total. The number of rotatable bonds is 1. The molecule has 0 radical (unpaired) electrons. The predicted molar refractivity (Wildman–Crippen MR) is 45.4 cm³/mol. The molecule has 0 bridgehead atoms. The fourth-order valence-electron chi connectivity index (χ4n) is 0.592. The van der Waals surface area contributed by atoms with Crippen molar-refractivity contribution in [3.8, 4) is 0 Å². The summed E-state index contributed by atoms with van der Waals surface area (Å²) < 4.78 is 9.50. The molecule has 0 unspecified atom stereocenters. The normalized spacial score (nSPS) is 8.25. The van der Waals surface area contributed by atoms with E-state index in [-0.39, 0.29) is 5.56 Å². The summed E-state index contributed by atoms with van der Waals surface area (Å²) in [7, 11) is 0.500. The summed E-state index contributed by atoms with van der Waals surface area (Å²) in [5, 5.41) is 8.98. The van der Waals surface area contributed by atoms with Crippen molar-refractivity contribution in [1.29, 1.82) is 0 Å². The van der Waals surface area contributed by atoms with Gasteiger partial charge in [-0.25, -0.2) is 4.79 Å². The molecular formula is C8H8ClFO2. The first-order valence-corrected chi connectivity index (χ1v) is 3.44. The van der Waals surface area contributed by atoms with E-state index in [1.54, 1.807) is 12.1 Å². The summed E-state index contributed by atoms with van der Waals surface area (Å²) in [6.07, 6.45) is 0. The largest absolute Gasteiger partial charge is 0.478 e. The highest BCUT2D eigenvalue weighted by atomic mass is 35.5. The van der Waals surface area contributed by atoms with Gasteiger partial charge in [0.15, 0.2) is 0 Å². The summed E-state index contributed by atoms with van der Waals surface area (Å²) >= 11 is 5.52. The standard InChI is InChI=1S/C7H5ClO2.CH3F/c8-6-3-1-5(2-4-6)7(9)10;1-2/h1-4H,(H,9,10);1H3. The minimum absolute atomic E-state index is 0.254. The summed E-state index contributed by atoms with van der Waals surface area (Å²) in [5.74, 6) is -0.934. The SMILES string of the molecule is CF.O=C(O)c1ccc(Cl)cc1. The molecule has 4 heteroatoms. The van der Waals surface area contributed by atoms with Gasteiger partial charge in [-0.05, 0) is 24.3 Å². The first-order valence-electron chi connectivity index (χ1n) is 3.07. The van der Waals surface area contributed by atoms with E-state index in [1.807, 2.05) is 0 Å². The Morgan fingerprint density at radius 2 is 1.75 bits per heavy atom. The smallest absolute Gasteiger partial charge is 0.335 e. The van der Waals surface area contributed by atoms with Crippen molar-refractivity contribution >= 4 is 17.6 Å². The highest BCUT2D eigenvalue weighted by molar-refractivity contribution is 6.30. The van der Waals surface area contributed by atoms with Crippen molar-refractivity contribution in [2.45, 2.75) is 0 Å². The van der Waals surface area contributed by atoms with Crippen LogP contribution in [-0.4, -0.2) is 18.3 Å². The topological polar surface area (TPSA) is 37.3 Å². The van der Waals surface area contributed by atoms with E-state index in [0.717, 1.165) is 0 Å². The number of carboxylic acids is 1. The molecular weight excluding hydrogens is 183 g/mol. The van der Waals surface area contributed by atoms with Crippen molar-refractivity contribution in [3.63, 3.8) is 0 Å². The monoisotopic (exact) mass is 190 g/mol. The summed E-state index contributed by atoms with van der Waals surface area (Å²) in [6, 6.07) is 6.02. The minimum Gasteiger partial charge on any atom is -0.478 e. The number of carbonyl (C=O) groups is 1. The van der Waals surface area contributed by atoms with Gasteiger partial charge in [0, 0.05) is 5.02 Å². The third kappa shape index (κ3) is 3.34. The lowest BCUT2D eigenvalue weighted by atomic mass is 10.2. The molecule has 66 valence electrons. The van der Waals surface area contributed by atoms with Gasteiger partial charge in [0.25, 0.3) is 0 Å². The number of hydrogen-bond donors (Lipinski definition) is 1. The molecule has 0 aliphatic carbocycles. The molecule has 0 atom stereocenters. The van der Waals surface area contributed by atoms with Gasteiger partial charge < -0.3 is 5.11 Å². The lowest BCUT2D eigenvalue weighted by Gasteiger charge is -1.91. The predicted octanol–water partition coefficient (Wildman–Crippen LogP) is 2.62. The van der Waals surface area contributed by atoms with Gasteiger partial charge in [0.1, 0.15) is 0 Å². The number of hydrogen-bond acceptors (Lipinski definition) is 1. The Kier molecular flexibility index (Phi) is 5.04. The highest BCUT2D eigenvalue weighted by Gasteiger charge is 1.99. The molecule has 1 rings (SSSR count). The van der Waals surface area contributed by atoms with E-state index >= 15 is 0 Å². The van der Waals surface area contributed by atoms with Gasteiger partial charge in [-0.1, -0.05) is 11.6 Å². The van der Waals surface area contributed by atoms with E-state index in [2.05, 4.69) is 0 Å². The Morgan fingerprint density at radius 1 is 1.33 bits per heavy atom. The number of aromatic carboxylic acids is 1. The fourth-order valence-corrected chi connectivity index (χ4v) is 0.718. The van der Waals surface area contributed by atoms with Crippen LogP contribution >= 0.6 is 11.6 Å². The van der Waals surface area contributed by atoms with Crippen molar-refractivity contribution in [2.24, 2.45) is 0 Å². The molecule has 0 heterocycles. The zero-order valence-electron chi connectivity index (χ0n) is 6.42. The Bertz CT molecular complexity index is 246. The molecule has 2 nitrogen and oxygen atoms in total. The summed E-state index contributed by atoms with van der Waals surface area (Å²) in [4.78, 5) is 10.3. The number of carboxylic acid groups (broad SMARTS) is 1. The van der Waals surface area contributed by atoms with E-state index < -0.39 is 5.97 Å². The molecule has 0 saturated carbocycles. The van der Waals surface area contributed by atoms with Crippen molar-refractivity contribution in [3.05, 3.63) is 34.9 Å². The molecule has 0 fully saturated rings. The zero-order chi connectivity index (χ0) is 9.56. The number of halogens is 2. The van der Waals surface area contributed by atoms with Gasteiger partial charge in [0.05, 0.1) is 12.7 Å². The van der Waals surface area contributed by atoms with Crippen molar-refractivity contribution in [1.82, 2.24) is 0 Å². The van der Waals surface area contributed by atoms with Gasteiger partial charge in [-0.3, -0.25) is 4.39 Å². The Hall–Kier alpha value is -1.09. The first-order chi connectivity index (χ1) is 5.70. The Morgan fingerprint density at radius 3 is 2.08 bits per heavy atom. The van der Waals surface area contributed by atoms with Gasteiger partial charge in [-0.2, -0.15) is 0 Å².